The molecule has 2 aliphatic heterocycles. The Kier molecular flexibility index (Phi) is 5.13. The first kappa shape index (κ1) is 20.2. The number of furan rings is 1. The number of nitrogens with one attached hydrogen (secondary N) is 2. The van der Waals surface area contributed by atoms with Crippen LogP contribution in [0.25, 0.3) is 11.3 Å². The number of benzene rings is 1. The van der Waals surface area contributed by atoms with Crippen LogP contribution in [0.4, 0.5) is 5.69 Å². The smallest absolute Gasteiger partial charge is 0.256 e. The summed E-state index contributed by atoms with van der Waals surface area (Å²) in [7, 11) is 0. The normalized spacial score (nSPS) is 21.4. The Morgan fingerprint density at radius 2 is 2.07 bits per heavy atom. The van der Waals surface area contributed by atoms with Crippen LogP contribution in [0.1, 0.15) is 50.4 Å². The van der Waals surface area contributed by atoms with Gasteiger partial charge in [-0.05, 0) is 48.6 Å². The van der Waals surface area contributed by atoms with Crippen molar-refractivity contribution in [3.05, 3.63) is 42.2 Å². The molecule has 1 aromatic carbocycles. The molecular weight excluding hydrogens is 382 g/mol. The van der Waals surface area contributed by atoms with Gasteiger partial charge in [-0.2, -0.15) is 0 Å². The van der Waals surface area contributed by atoms with Crippen molar-refractivity contribution in [2.24, 2.45) is 5.41 Å². The van der Waals surface area contributed by atoms with Crippen LogP contribution in [-0.2, 0) is 9.59 Å². The summed E-state index contributed by atoms with van der Waals surface area (Å²) in [5.41, 5.74) is 1.63. The number of nitrogens with zero attached hydrogens (tertiary/aromatic N) is 1. The fourth-order valence-corrected chi connectivity index (χ4v) is 4.15. The zero-order valence-corrected chi connectivity index (χ0v) is 17.5. The van der Waals surface area contributed by atoms with E-state index in [1.807, 2.05) is 32.9 Å². The van der Waals surface area contributed by atoms with Gasteiger partial charge in [0.05, 0.1) is 17.5 Å². The number of hydrogen-bond acceptors (Lipinski definition) is 4. The molecule has 3 heterocycles. The second kappa shape index (κ2) is 7.63. The second-order valence-electron chi connectivity index (χ2n) is 9.27. The van der Waals surface area contributed by atoms with Gasteiger partial charge in [-0.3, -0.25) is 14.4 Å². The Morgan fingerprint density at radius 3 is 2.77 bits per heavy atom. The second-order valence-corrected chi connectivity index (χ2v) is 9.27. The summed E-state index contributed by atoms with van der Waals surface area (Å²) < 4.78 is 5.44. The summed E-state index contributed by atoms with van der Waals surface area (Å²) in [4.78, 5) is 40.1. The molecule has 2 N–H and O–H groups in total. The lowest BCUT2D eigenvalue weighted by Gasteiger charge is -2.37. The van der Waals surface area contributed by atoms with Gasteiger partial charge in [-0.15, -0.1) is 0 Å². The van der Waals surface area contributed by atoms with Gasteiger partial charge in [0.2, 0.25) is 11.8 Å². The third-order valence-electron chi connectivity index (χ3n) is 5.54. The predicted octanol–water partition coefficient (Wildman–Crippen LogP) is 3.42. The van der Waals surface area contributed by atoms with Crippen LogP contribution in [0.2, 0.25) is 0 Å². The van der Waals surface area contributed by atoms with Crippen molar-refractivity contribution in [3.63, 3.8) is 0 Å². The number of rotatable bonds is 3. The van der Waals surface area contributed by atoms with Crippen molar-refractivity contribution < 1.29 is 18.8 Å². The SMILES string of the molecule is CC(C)(C)CC(=O)N[C@@H]1CCN2C(=O)c3cc(-c4ccco4)ccc3NC(=O)[C@@H]2C1. The number of hydrogen-bond donors (Lipinski definition) is 2. The molecule has 2 aromatic rings. The molecule has 4 rings (SSSR count). The average molecular weight is 409 g/mol. The molecule has 0 unspecified atom stereocenters. The summed E-state index contributed by atoms with van der Waals surface area (Å²) in [6.07, 6.45) is 3.04. The largest absolute Gasteiger partial charge is 0.464 e. The van der Waals surface area contributed by atoms with Crippen molar-refractivity contribution in [1.29, 1.82) is 0 Å². The van der Waals surface area contributed by atoms with Crippen molar-refractivity contribution in [2.75, 3.05) is 11.9 Å². The lowest BCUT2D eigenvalue weighted by atomic mass is 9.91. The number of anilines is 1. The topological polar surface area (TPSA) is 91.7 Å². The van der Waals surface area contributed by atoms with E-state index in [2.05, 4.69) is 10.6 Å². The van der Waals surface area contributed by atoms with E-state index in [0.717, 1.165) is 5.56 Å². The lowest BCUT2D eigenvalue weighted by molar-refractivity contribution is -0.126. The van der Waals surface area contributed by atoms with Crippen LogP contribution in [0, 0.1) is 5.41 Å². The van der Waals surface area contributed by atoms with E-state index in [1.165, 1.54) is 0 Å². The van der Waals surface area contributed by atoms with Gasteiger partial charge >= 0.3 is 0 Å². The minimum atomic E-state index is -0.606. The first-order valence-corrected chi connectivity index (χ1v) is 10.3. The molecule has 158 valence electrons. The van der Waals surface area contributed by atoms with Gasteiger partial charge in [0.15, 0.2) is 0 Å². The van der Waals surface area contributed by atoms with Crippen LogP contribution in [-0.4, -0.2) is 41.2 Å². The summed E-state index contributed by atoms with van der Waals surface area (Å²) in [6.45, 7) is 6.46. The van der Waals surface area contributed by atoms with Crippen molar-refractivity contribution >= 4 is 23.4 Å². The number of carbonyl (C=O) groups excluding carboxylic acids is 3. The fraction of sp³-hybridized carbons (Fsp3) is 0.435. The van der Waals surface area contributed by atoms with E-state index in [0.29, 0.717) is 42.8 Å². The molecule has 0 aliphatic carbocycles. The van der Waals surface area contributed by atoms with Crippen LogP contribution < -0.4 is 10.6 Å². The number of carbonyl (C=O) groups is 3. The Balaban J connectivity index is 1.53. The Bertz CT molecular complexity index is 975. The van der Waals surface area contributed by atoms with Crippen LogP contribution in [0.15, 0.2) is 41.0 Å². The highest BCUT2D eigenvalue weighted by molar-refractivity contribution is 6.10. The highest BCUT2D eigenvalue weighted by Crippen LogP contribution is 2.32. The molecule has 0 spiro atoms. The highest BCUT2D eigenvalue weighted by Gasteiger charge is 2.40. The van der Waals surface area contributed by atoms with E-state index in [9.17, 15) is 14.4 Å². The van der Waals surface area contributed by atoms with Crippen molar-refractivity contribution in [3.8, 4) is 11.3 Å². The van der Waals surface area contributed by atoms with Gasteiger partial charge in [0.25, 0.3) is 5.91 Å². The molecule has 1 aromatic heterocycles. The number of fused-ring (bicyclic) bond motifs is 2. The summed E-state index contributed by atoms with van der Waals surface area (Å²) in [5.74, 6) is 0.245. The maximum atomic E-state index is 13.3. The van der Waals surface area contributed by atoms with E-state index in [1.54, 1.807) is 29.4 Å². The zero-order valence-electron chi connectivity index (χ0n) is 17.5. The van der Waals surface area contributed by atoms with Crippen LogP contribution in [0.3, 0.4) is 0 Å². The van der Waals surface area contributed by atoms with Crippen molar-refractivity contribution in [2.45, 2.75) is 52.1 Å². The molecule has 3 amide bonds. The molecule has 7 nitrogen and oxygen atoms in total. The van der Waals surface area contributed by atoms with Crippen molar-refractivity contribution in [1.82, 2.24) is 10.2 Å². The Labute approximate surface area is 175 Å². The number of piperidine rings is 1. The molecule has 1 fully saturated rings. The first-order valence-electron chi connectivity index (χ1n) is 10.3. The van der Waals surface area contributed by atoms with Crippen LogP contribution >= 0.6 is 0 Å². The third kappa shape index (κ3) is 4.10. The Hall–Kier alpha value is -3.09. The van der Waals surface area contributed by atoms with E-state index < -0.39 is 6.04 Å². The minimum Gasteiger partial charge on any atom is -0.464 e. The Morgan fingerprint density at radius 1 is 1.27 bits per heavy atom. The van der Waals surface area contributed by atoms with Gasteiger partial charge in [0.1, 0.15) is 11.8 Å². The summed E-state index contributed by atoms with van der Waals surface area (Å²) in [5, 5.41) is 5.94. The maximum Gasteiger partial charge on any atom is 0.256 e. The van der Waals surface area contributed by atoms with Gasteiger partial charge in [-0.1, -0.05) is 20.8 Å². The van der Waals surface area contributed by atoms with Gasteiger partial charge in [0, 0.05) is 24.6 Å². The quantitative estimate of drug-likeness (QED) is 0.813. The van der Waals surface area contributed by atoms with Gasteiger partial charge < -0.3 is 20.0 Å². The van der Waals surface area contributed by atoms with E-state index >= 15 is 0 Å². The average Bonchev–Trinajstić information content (AvgIpc) is 3.18. The highest BCUT2D eigenvalue weighted by atomic mass is 16.3. The first-order chi connectivity index (χ1) is 14.2. The molecule has 2 atom stereocenters. The van der Waals surface area contributed by atoms with E-state index in [-0.39, 0.29) is 29.2 Å². The van der Waals surface area contributed by atoms with Crippen LogP contribution in [0.5, 0.6) is 0 Å². The molecular formula is C23H27N3O4. The molecule has 30 heavy (non-hydrogen) atoms. The maximum absolute atomic E-state index is 13.3. The fourth-order valence-electron chi connectivity index (χ4n) is 4.15. The lowest BCUT2D eigenvalue weighted by Crippen LogP contribution is -2.55. The molecule has 0 radical (unpaired) electrons. The zero-order chi connectivity index (χ0) is 21.5. The monoisotopic (exact) mass is 409 g/mol. The molecule has 7 heteroatoms. The summed E-state index contributed by atoms with van der Waals surface area (Å²) >= 11 is 0. The van der Waals surface area contributed by atoms with Gasteiger partial charge in [-0.25, -0.2) is 0 Å². The number of amides is 3. The standard InChI is InChI=1S/C23H27N3O4/c1-23(2,3)13-20(27)24-15-8-9-26-18(12-15)21(28)25-17-7-6-14(11-16(17)22(26)29)19-5-4-10-30-19/h4-7,10-11,15,18H,8-9,12-13H2,1-3H3,(H,24,27)(H,25,28)/t15-,18+/m1/s1. The summed E-state index contributed by atoms with van der Waals surface area (Å²) in [6, 6.07) is 8.21. The molecule has 2 aliphatic rings. The molecule has 0 saturated carbocycles. The molecule has 0 bridgehead atoms. The minimum absolute atomic E-state index is 0.0207. The third-order valence-corrected chi connectivity index (χ3v) is 5.54. The predicted molar refractivity (Wildman–Crippen MR) is 113 cm³/mol. The van der Waals surface area contributed by atoms with E-state index in [4.69, 9.17) is 4.42 Å². The molecule has 1 saturated heterocycles.